The van der Waals surface area contributed by atoms with Crippen molar-refractivity contribution in [1.82, 2.24) is 15.0 Å². The molecule has 3 heterocycles. The Kier molecular flexibility index (Phi) is 2.19. The lowest BCUT2D eigenvalue weighted by molar-refractivity contribution is 0.103. The summed E-state index contributed by atoms with van der Waals surface area (Å²) < 4.78 is 0. The first kappa shape index (κ1) is 9.72. The van der Waals surface area contributed by atoms with Crippen LogP contribution in [0.3, 0.4) is 0 Å². The van der Waals surface area contributed by atoms with Crippen LogP contribution in [-0.4, -0.2) is 20.7 Å². The first-order chi connectivity index (χ1) is 8.34. The van der Waals surface area contributed by atoms with Crippen molar-refractivity contribution in [3.8, 4) is 0 Å². The summed E-state index contributed by atoms with van der Waals surface area (Å²) in [6, 6.07) is 8.90. The predicted molar refractivity (Wildman–Crippen MR) is 63.8 cm³/mol. The predicted octanol–water partition coefficient (Wildman–Crippen LogP) is 2.19. The molecule has 82 valence electrons. The molecule has 0 saturated carbocycles. The molecular formula is C13H9N3O. The normalized spacial score (nSPS) is 10.6. The highest BCUT2D eigenvalue weighted by atomic mass is 16.1. The maximum absolute atomic E-state index is 12.1. The zero-order valence-electron chi connectivity index (χ0n) is 8.92. The van der Waals surface area contributed by atoms with Crippen LogP contribution in [0.5, 0.6) is 0 Å². The Balaban J connectivity index is 2.06. The number of pyridine rings is 2. The van der Waals surface area contributed by atoms with Gasteiger partial charge < -0.3 is 4.98 Å². The maximum atomic E-state index is 12.1. The van der Waals surface area contributed by atoms with Crippen molar-refractivity contribution in [2.75, 3.05) is 0 Å². The summed E-state index contributed by atoms with van der Waals surface area (Å²) in [5, 5.41) is 0.997. The number of hydrogen-bond donors (Lipinski definition) is 1. The van der Waals surface area contributed by atoms with Crippen molar-refractivity contribution in [2.45, 2.75) is 0 Å². The van der Waals surface area contributed by atoms with Gasteiger partial charge in [0.1, 0.15) is 11.3 Å². The Hall–Kier alpha value is -2.49. The number of carbonyl (C=O) groups is 1. The van der Waals surface area contributed by atoms with Crippen LogP contribution in [0.25, 0.3) is 11.0 Å². The van der Waals surface area contributed by atoms with Crippen molar-refractivity contribution in [1.29, 1.82) is 0 Å². The lowest BCUT2D eigenvalue weighted by Gasteiger charge is -1.99. The van der Waals surface area contributed by atoms with Crippen molar-refractivity contribution in [2.24, 2.45) is 0 Å². The summed E-state index contributed by atoms with van der Waals surface area (Å²) in [5.41, 5.74) is 1.76. The zero-order valence-corrected chi connectivity index (χ0v) is 8.92. The third-order valence-electron chi connectivity index (χ3n) is 2.58. The number of fused-ring (bicyclic) bond motifs is 1. The average Bonchev–Trinajstić information content (AvgIpc) is 2.86. The molecule has 4 nitrogen and oxygen atoms in total. The fourth-order valence-electron chi connectivity index (χ4n) is 1.71. The maximum Gasteiger partial charge on any atom is 0.211 e. The van der Waals surface area contributed by atoms with Gasteiger partial charge in [-0.05, 0) is 30.3 Å². The van der Waals surface area contributed by atoms with Gasteiger partial charge in [-0.2, -0.15) is 0 Å². The van der Waals surface area contributed by atoms with Crippen LogP contribution in [-0.2, 0) is 0 Å². The number of ketones is 1. The van der Waals surface area contributed by atoms with Gasteiger partial charge in [0.05, 0.1) is 0 Å². The first-order valence-corrected chi connectivity index (χ1v) is 5.23. The van der Waals surface area contributed by atoms with E-state index >= 15 is 0 Å². The molecule has 0 aliphatic rings. The third-order valence-corrected chi connectivity index (χ3v) is 2.58. The zero-order chi connectivity index (χ0) is 11.7. The summed E-state index contributed by atoms with van der Waals surface area (Å²) in [7, 11) is 0. The van der Waals surface area contributed by atoms with E-state index in [-0.39, 0.29) is 5.78 Å². The molecule has 0 aromatic carbocycles. The third kappa shape index (κ3) is 1.69. The molecule has 0 saturated heterocycles. The number of aromatic amines is 1. The van der Waals surface area contributed by atoms with Gasteiger partial charge in [-0.3, -0.25) is 9.78 Å². The molecule has 3 rings (SSSR count). The van der Waals surface area contributed by atoms with Gasteiger partial charge in [-0.1, -0.05) is 0 Å². The average molecular weight is 223 g/mol. The standard InChI is InChI=1S/C13H9N3O/c17-12(9-3-6-14-7-4-9)11-2-1-10-5-8-15-13(10)16-11/h1-8H,(H,15,16). The van der Waals surface area contributed by atoms with Crippen molar-refractivity contribution >= 4 is 16.8 Å². The van der Waals surface area contributed by atoms with Gasteiger partial charge in [0.2, 0.25) is 5.78 Å². The molecular weight excluding hydrogens is 214 g/mol. The Labute approximate surface area is 97.3 Å². The van der Waals surface area contributed by atoms with Crippen LogP contribution in [0.15, 0.2) is 48.9 Å². The second-order valence-corrected chi connectivity index (χ2v) is 3.68. The molecule has 0 fully saturated rings. The molecule has 0 amide bonds. The van der Waals surface area contributed by atoms with Crippen LogP contribution in [0.4, 0.5) is 0 Å². The van der Waals surface area contributed by atoms with E-state index < -0.39 is 0 Å². The lowest BCUT2D eigenvalue weighted by atomic mass is 10.1. The lowest BCUT2D eigenvalue weighted by Crippen LogP contribution is -2.03. The molecule has 0 atom stereocenters. The molecule has 0 spiro atoms. The van der Waals surface area contributed by atoms with Gasteiger partial charge in [-0.25, -0.2) is 4.98 Å². The van der Waals surface area contributed by atoms with Crippen LogP contribution in [0.1, 0.15) is 16.1 Å². The number of aromatic nitrogens is 3. The second-order valence-electron chi connectivity index (χ2n) is 3.68. The Morgan fingerprint density at radius 3 is 2.71 bits per heavy atom. The highest BCUT2D eigenvalue weighted by Gasteiger charge is 2.10. The highest BCUT2D eigenvalue weighted by Crippen LogP contribution is 2.13. The van der Waals surface area contributed by atoms with E-state index in [9.17, 15) is 4.79 Å². The number of rotatable bonds is 2. The first-order valence-electron chi connectivity index (χ1n) is 5.23. The van der Waals surface area contributed by atoms with Crippen molar-refractivity contribution in [3.63, 3.8) is 0 Å². The van der Waals surface area contributed by atoms with Crippen molar-refractivity contribution < 1.29 is 4.79 Å². The fourth-order valence-corrected chi connectivity index (χ4v) is 1.71. The summed E-state index contributed by atoms with van der Waals surface area (Å²) >= 11 is 0. The molecule has 0 aliphatic heterocycles. The minimum Gasteiger partial charge on any atom is -0.346 e. The number of carbonyl (C=O) groups excluding carboxylic acids is 1. The quantitative estimate of drug-likeness (QED) is 0.677. The van der Waals surface area contributed by atoms with Crippen LogP contribution >= 0.6 is 0 Å². The topological polar surface area (TPSA) is 58.6 Å². The van der Waals surface area contributed by atoms with Gasteiger partial charge in [0.15, 0.2) is 0 Å². The highest BCUT2D eigenvalue weighted by molar-refractivity contribution is 6.08. The summed E-state index contributed by atoms with van der Waals surface area (Å²) in [4.78, 5) is 23.3. The van der Waals surface area contributed by atoms with E-state index in [1.165, 1.54) is 0 Å². The monoisotopic (exact) mass is 223 g/mol. The molecule has 17 heavy (non-hydrogen) atoms. The van der Waals surface area contributed by atoms with Gasteiger partial charge in [0, 0.05) is 29.5 Å². The Morgan fingerprint density at radius 2 is 1.88 bits per heavy atom. The summed E-state index contributed by atoms with van der Waals surface area (Å²) in [6.45, 7) is 0. The van der Waals surface area contributed by atoms with E-state index in [2.05, 4.69) is 15.0 Å². The van der Waals surface area contributed by atoms with Crippen LogP contribution < -0.4 is 0 Å². The molecule has 0 bridgehead atoms. The molecule has 3 aromatic heterocycles. The SMILES string of the molecule is O=C(c1ccncc1)c1ccc2cc[nH]c2n1. The minimum absolute atomic E-state index is 0.0936. The number of nitrogens with one attached hydrogen (secondary N) is 1. The second kappa shape index (κ2) is 3.83. The van der Waals surface area contributed by atoms with E-state index in [4.69, 9.17) is 0 Å². The molecule has 3 aromatic rings. The molecule has 1 N–H and O–H groups in total. The minimum atomic E-state index is -0.0936. The summed E-state index contributed by atoms with van der Waals surface area (Å²) in [6.07, 6.45) is 5.00. The largest absolute Gasteiger partial charge is 0.346 e. The molecule has 0 aliphatic carbocycles. The van der Waals surface area contributed by atoms with E-state index in [1.54, 1.807) is 36.8 Å². The number of hydrogen-bond acceptors (Lipinski definition) is 3. The Morgan fingerprint density at radius 1 is 1.06 bits per heavy atom. The van der Waals surface area contributed by atoms with Crippen LogP contribution in [0, 0.1) is 0 Å². The summed E-state index contributed by atoms with van der Waals surface area (Å²) in [5.74, 6) is -0.0936. The smallest absolute Gasteiger partial charge is 0.211 e. The number of H-pyrrole nitrogens is 1. The van der Waals surface area contributed by atoms with E-state index in [0.717, 1.165) is 11.0 Å². The van der Waals surface area contributed by atoms with E-state index in [0.29, 0.717) is 11.3 Å². The number of nitrogens with zero attached hydrogens (tertiary/aromatic N) is 2. The van der Waals surface area contributed by atoms with Gasteiger partial charge in [0.25, 0.3) is 0 Å². The van der Waals surface area contributed by atoms with Crippen LogP contribution in [0.2, 0.25) is 0 Å². The fraction of sp³-hybridized carbons (Fsp3) is 0. The van der Waals surface area contributed by atoms with Gasteiger partial charge >= 0.3 is 0 Å². The molecule has 4 heteroatoms. The Bertz CT molecular complexity index is 673. The molecule has 0 radical (unpaired) electrons. The van der Waals surface area contributed by atoms with Crippen molar-refractivity contribution in [3.05, 3.63) is 60.2 Å². The van der Waals surface area contributed by atoms with E-state index in [1.807, 2.05) is 12.1 Å². The molecule has 0 unspecified atom stereocenters. The van der Waals surface area contributed by atoms with Gasteiger partial charge in [-0.15, -0.1) is 0 Å².